The van der Waals surface area contributed by atoms with E-state index in [4.69, 9.17) is 51.5 Å². The topological polar surface area (TPSA) is 37.3 Å². The van der Waals surface area contributed by atoms with E-state index in [0.29, 0.717) is 21.2 Å². The molecule has 0 aliphatic carbocycles. The Morgan fingerprint density at radius 1 is 0.895 bits per heavy atom. The molecule has 2 aromatic rings. The summed E-state index contributed by atoms with van der Waals surface area (Å²) in [5.41, 5.74) is 0.867. The van der Waals surface area contributed by atoms with Crippen LogP contribution in [-0.4, -0.2) is 11.1 Å². The molecule has 0 amide bonds. The van der Waals surface area contributed by atoms with Crippen LogP contribution in [0.25, 0.3) is 11.1 Å². The van der Waals surface area contributed by atoms with Gasteiger partial charge in [-0.1, -0.05) is 52.5 Å². The van der Waals surface area contributed by atoms with Gasteiger partial charge in [0.05, 0.1) is 15.6 Å². The molecular weight excluding hydrogens is 330 g/mol. The predicted molar refractivity (Wildman–Crippen MR) is 78.9 cm³/mol. The Balaban J connectivity index is 2.73. The maximum atomic E-state index is 11.2. The maximum absolute atomic E-state index is 11.2. The first kappa shape index (κ1) is 14.5. The van der Waals surface area contributed by atoms with Crippen LogP contribution in [0.1, 0.15) is 10.4 Å². The molecule has 0 spiro atoms. The van der Waals surface area contributed by atoms with Crippen LogP contribution in [0.15, 0.2) is 30.3 Å². The molecule has 0 saturated carbocycles. The van der Waals surface area contributed by atoms with E-state index < -0.39 is 5.97 Å². The van der Waals surface area contributed by atoms with Gasteiger partial charge in [0.15, 0.2) is 0 Å². The molecule has 0 aliphatic heterocycles. The summed E-state index contributed by atoms with van der Waals surface area (Å²) in [5, 5.41) is 10.1. The Morgan fingerprint density at radius 3 is 2.16 bits per heavy atom. The molecule has 1 N–H and O–H groups in total. The van der Waals surface area contributed by atoms with Gasteiger partial charge in [-0.25, -0.2) is 4.79 Å². The quantitative estimate of drug-likeness (QED) is 0.768. The molecule has 98 valence electrons. The molecule has 19 heavy (non-hydrogen) atoms. The van der Waals surface area contributed by atoms with E-state index in [-0.39, 0.29) is 15.6 Å². The molecular formula is C13H6Cl4O2. The first-order chi connectivity index (χ1) is 8.91. The van der Waals surface area contributed by atoms with Crippen LogP contribution in [-0.2, 0) is 0 Å². The standard InChI is InChI=1S/C13H6Cl4O2/c14-6-1-3-9(15)8(5-6)7-2-4-10(16)11(12(7)17)13(18)19/h1-5H,(H,18,19). The van der Waals surface area contributed by atoms with Crippen LogP contribution in [0.4, 0.5) is 0 Å². The zero-order valence-corrected chi connectivity index (χ0v) is 12.3. The summed E-state index contributed by atoms with van der Waals surface area (Å²) in [5.74, 6) is -1.20. The van der Waals surface area contributed by atoms with Crippen molar-refractivity contribution in [3.8, 4) is 11.1 Å². The molecule has 0 bridgehead atoms. The zero-order chi connectivity index (χ0) is 14.2. The van der Waals surface area contributed by atoms with Gasteiger partial charge in [-0.15, -0.1) is 0 Å². The molecule has 0 atom stereocenters. The first-order valence-corrected chi connectivity index (χ1v) is 6.59. The lowest BCUT2D eigenvalue weighted by molar-refractivity contribution is 0.0697. The fourth-order valence-electron chi connectivity index (χ4n) is 1.66. The third-order valence-electron chi connectivity index (χ3n) is 2.52. The smallest absolute Gasteiger partial charge is 0.338 e. The molecule has 0 aliphatic rings. The van der Waals surface area contributed by atoms with E-state index in [1.807, 2.05) is 0 Å². The van der Waals surface area contributed by atoms with E-state index in [2.05, 4.69) is 0 Å². The van der Waals surface area contributed by atoms with Gasteiger partial charge in [0.1, 0.15) is 0 Å². The second kappa shape index (κ2) is 5.59. The van der Waals surface area contributed by atoms with Crippen molar-refractivity contribution in [3.05, 3.63) is 56.0 Å². The summed E-state index contributed by atoms with van der Waals surface area (Å²) in [4.78, 5) is 11.2. The van der Waals surface area contributed by atoms with Crippen LogP contribution in [0.5, 0.6) is 0 Å². The van der Waals surface area contributed by atoms with Gasteiger partial charge in [0, 0.05) is 21.2 Å². The summed E-state index contributed by atoms with van der Waals surface area (Å²) in [7, 11) is 0. The highest BCUT2D eigenvalue weighted by Crippen LogP contribution is 2.38. The van der Waals surface area contributed by atoms with Crippen LogP contribution >= 0.6 is 46.4 Å². The van der Waals surface area contributed by atoms with Crippen molar-refractivity contribution in [3.63, 3.8) is 0 Å². The number of carboxylic acid groups (broad SMARTS) is 1. The highest BCUT2D eigenvalue weighted by Gasteiger charge is 2.19. The van der Waals surface area contributed by atoms with E-state index >= 15 is 0 Å². The van der Waals surface area contributed by atoms with Crippen molar-refractivity contribution in [2.24, 2.45) is 0 Å². The van der Waals surface area contributed by atoms with E-state index in [9.17, 15) is 4.79 Å². The summed E-state index contributed by atoms with van der Waals surface area (Å²) in [6.07, 6.45) is 0. The van der Waals surface area contributed by atoms with Gasteiger partial charge >= 0.3 is 5.97 Å². The molecule has 0 fully saturated rings. The highest BCUT2D eigenvalue weighted by molar-refractivity contribution is 6.42. The zero-order valence-electron chi connectivity index (χ0n) is 9.25. The lowest BCUT2D eigenvalue weighted by atomic mass is 10.0. The van der Waals surface area contributed by atoms with Crippen LogP contribution in [0.3, 0.4) is 0 Å². The number of hydrogen-bond donors (Lipinski definition) is 1. The summed E-state index contributed by atoms with van der Waals surface area (Å²) >= 11 is 23.9. The van der Waals surface area contributed by atoms with Crippen molar-refractivity contribution < 1.29 is 9.90 Å². The molecule has 2 nitrogen and oxygen atoms in total. The Labute approximate surface area is 129 Å². The van der Waals surface area contributed by atoms with Gasteiger partial charge < -0.3 is 5.11 Å². The molecule has 2 rings (SSSR count). The largest absolute Gasteiger partial charge is 0.478 e. The summed E-state index contributed by atoms with van der Waals surface area (Å²) in [6.45, 7) is 0. The number of aromatic carboxylic acids is 1. The van der Waals surface area contributed by atoms with E-state index in [1.54, 1.807) is 24.3 Å². The van der Waals surface area contributed by atoms with Crippen molar-refractivity contribution in [1.29, 1.82) is 0 Å². The van der Waals surface area contributed by atoms with Crippen molar-refractivity contribution in [2.75, 3.05) is 0 Å². The molecule has 0 saturated heterocycles. The average Bonchev–Trinajstić information content (AvgIpc) is 2.32. The molecule has 0 heterocycles. The Hall–Kier alpha value is -0.930. The van der Waals surface area contributed by atoms with E-state index in [0.717, 1.165) is 0 Å². The minimum Gasteiger partial charge on any atom is -0.478 e. The maximum Gasteiger partial charge on any atom is 0.338 e. The van der Waals surface area contributed by atoms with Crippen LogP contribution in [0, 0.1) is 0 Å². The number of carboxylic acids is 1. The monoisotopic (exact) mass is 334 g/mol. The minimum absolute atomic E-state index is 0.0316. The van der Waals surface area contributed by atoms with E-state index in [1.165, 1.54) is 6.07 Å². The van der Waals surface area contributed by atoms with Gasteiger partial charge in [0.2, 0.25) is 0 Å². The third kappa shape index (κ3) is 2.82. The second-order valence-electron chi connectivity index (χ2n) is 3.71. The van der Waals surface area contributed by atoms with Crippen LogP contribution < -0.4 is 0 Å². The number of hydrogen-bond acceptors (Lipinski definition) is 1. The lowest BCUT2D eigenvalue weighted by Gasteiger charge is -2.10. The Bertz CT molecular complexity index is 668. The van der Waals surface area contributed by atoms with Gasteiger partial charge in [0.25, 0.3) is 0 Å². The van der Waals surface area contributed by atoms with Crippen molar-refractivity contribution in [2.45, 2.75) is 0 Å². The molecule has 6 heteroatoms. The minimum atomic E-state index is -1.20. The normalized spacial score (nSPS) is 10.5. The average molecular weight is 336 g/mol. The van der Waals surface area contributed by atoms with Crippen molar-refractivity contribution >= 4 is 52.4 Å². The number of halogens is 4. The lowest BCUT2D eigenvalue weighted by Crippen LogP contribution is -2.00. The summed E-state index contributed by atoms with van der Waals surface area (Å²) < 4.78 is 0. The van der Waals surface area contributed by atoms with Crippen LogP contribution in [0.2, 0.25) is 20.1 Å². The number of carbonyl (C=O) groups is 1. The Morgan fingerprint density at radius 2 is 1.53 bits per heavy atom. The van der Waals surface area contributed by atoms with Crippen molar-refractivity contribution in [1.82, 2.24) is 0 Å². The fourth-order valence-corrected chi connectivity index (χ4v) is 2.69. The second-order valence-corrected chi connectivity index (χ2v) is 5.34. The number of rotatable bonds is 2. The first-order valence-electron chi connectivity index (χ1n) is 5.08. The van der Waals surface area contributed by atoms with Gasteiger partial charge in [-0.05, 0) is 24.3 Å². The Kier molecular flexibility index (Phi) is 4.26. The molecule has 0 radical (unpaired) electrons. The molecule has 2 aromatic carbocycles. The fraction of sp³-hybridized carbons (Fsp3) is 0. The van der Waals surface area contributed by atoms with Gasteiger partial charge in [-0.2, -0.15) is 0 Å². The SMILES string of the molecule is O=C(O)c1c(Cl)ccc(-c2cc(Cl)ccc2Cl)c1Cl. The van der Waals surface area contributed by atoms with Gasteiger partial charge in [-0.3, -0.25) is 0 Å². The summed E-state index contributed by atoms with van der Waals surface area (Å²) in [6, 6.07) is 7.93. The predicted octanol–water partition coefficient (Wildman–Crippen LogP) is 5.67. The molecule has 0 unspecified atom stereocenters. The number of benzene rings is 2. The third-order valence-corrected chi connectivity index (χ3v) is 3.80. The molecule has 0 aromatic heterocycles. The highest BCUT2D eigenvalue weighted by atomic mass is 35.5.